The van der Waals surface area contributed by atoms with Gasteiger partial charge < -0.3 is 4.57 Å². The van der Waals surface area contributed by atoms with Crippen LogP contribution >= 0.6 is 34.3 Å². The molecule has 0 aliphatic heterocycles. The number of amides is 1. The number of rotatable bonds is 4. The maximum Gasteiger partial charge on any atom is 0.272 e. The van der Waals surface area contributed by atoms with Gasteiger partial charge in [0.15, 0.2) is 4.80 Å². The highest BCUT2D eigenvalue weighted by Gasteiger charge is 2.06. The van der Waals surface area contributed by atoms with Crippen molar-refractivity contribution in [2.75, 3.05) is 0 Å². The molecule has 3 rings (SSSR count). The lowest BCUT2D eigenvalue weighted by Crippen LogP contribution is -2.15. The zero-order chi connectivity index (χ0) is 16.2. The minimum Gasteiger partial charge on any atom is -0.312 e. The van der Waals surface area contributed by atoms with Crippen LogP contribution in [0.1, 0.15) is 4.88 Å². The topological polar surface area (TPSA) is 34.4 Å². The summed E-state index contributed by atoms with van der Waals surface area (Å²) in [5.74, 6) is -0.283. The van der Waals surface area contributed by atoms with E-state index in [0.717, 1.165) is 15.1 Å². The van der Waals surface area contributed by atoms with Gasteiger partial charge in [-0.25, -0.2) is 0 Å². The summed E-state index contributed by atoms with van der Waals surface area (Å²) >= 11 is 9.06. The summed E-state index contributed by atoms with van der Waals surface area (Å²) in [6, 6.07) is 9.54. The number of aromatic nitrogens is 1. The van der Waals surface area contributed by atoms with Gasteiger partial charge in [-0.05, 0) is 35.7 Å². The molecule has 23 heavy (non-hydrogen) atoms. The van der Waals surface area contributed by atoms with Crippen molar-refractivity contribution in [1.29, 1.82) is 0 Å². The molecule has 0 fully saturated rings. The van der Waals surface area contributed by atoms with E-state index >= 15 is 0 Å². The van der Waals surface area contributed by atoms with Crippen LogP contribution in [0.3, 0.4) is 0 Å². The first kappa shape index (κ1) is 15.9. The molecule has 3 aromatic rings. The van der Waals surface area contributed by atoms with Crippen molar-refractivity contribution in [3.05, 3.63) is 69.1 Å². The van der Waals surface area contributed by atoms with Gasteiger partial charge in [-0.1, -0.05) is 35.1 Å². The third-order valence-electron chi connectivity index (χ3n) is 3.10. The van der Waals surface area contributed by atoms with Crippen molar-refractivity contribution in [2.24, 2.45) is 4.99 Å². The Balaban J connectivity index is 2.01. The maximum absolute atomic E-state index is 12.1. The second-order valence-corrected chi connectivity index (χ2v) is 7.12. The maximum atomic E-state index is 12.1. The molecule has 0 spiro atoms. The Morgan fingerprint density at radius 3 is 3.00 bits per heavy atom. The molecular formula is C17H13ClN2OS2. The standard InChI is InChI=1S/C17H13ClN2OS2/c1-2-9-20-14-7-5-12(18)11-15(14)23-17(20)19-16(21)8-6-13-4-3-10-22-13/h2-8,10-11H,1,9H2/b8-6+,19-17?. The van der Waals surface area contributed by atoms with Gasteiger partial charge in [0, 0.05) is 22.5 Å². The number of carbonyl (C=O) groups is 1. The van der Waals surface area contributed by atoms with Crippen molar-refractivity contribution in [3.8, 4) is 0 Å². The van der Waals surface area contributed by atoms with E-state index in [1.54, 1.807) is 23.5 Å². The Bertz CT molecular complexity index is 949. The summed E-state index contributed by atoms with van der Waals surface area (Å²) in [5, 5.41) is 2.63. The fourth-order valence-corrected chi connectivity index (χ4v) is 4.05. The highest BCUT2D eigenvalue weighted by atomic mass is 35.5. The Morgan fingerprint density at radius 2 is 2.26 bits per heavy atom. The van der Waals surface area contributed by atoms with Crippen LogP contribution in [0, 0.1) is 0 Å². The van der Waals surface area contributed by atoms with Crippen molar-refractivity contribution in [2.45, 2.75) is 6.54 Å². The van der Waals surface area contributed by atoms with Gasteiger partial charge in [0.25, 0.3) is 5.91 Å². The molecular weight excluding hydrogens is 348 g/mol. The van der Waals surface area contributed by atoms with E-state index in [-0.39, 0.29) is 5.91 Å². The molecule has 1 aromatic carbocycles. The van der Waals surface area contributed by atoms with Crippen LogP contribution in [-0.2, 0) is 11.3 Å². The second kappa shape index (κ2) is 7.08. The Morgan fingerprint density at radius 1 is 1.39 bits per heavy atom. The summed E-state index contributed by atoms with van der Waals surface area (Å²) in [4.78, 5) is 18.0. The van der Waals surface area contributed by atoms with Gasteiger partial charge in [-0.2, -0.15) is 4.99 Å². The third-order valence-corrected chi connectivity index (χ3v) is 5.21. The van der Waals surface area contributed by atoms with Crippen LogP contribution in [0.15, 0.2) is 59.4 Å². The number of nitrogens with zero attached hydrogens (tertiary/aromatic N) is 2. The number of thiophene rings is 1. The fraction of sp³-hybridized carbons (Fsp3) is 0.0588. The van der Waals surface area contributed by atoms with Crippen molar-refractivity contribution >= 4 is 56.5 Å². The van der Waals surface area contributed by atoms with E-state index in [9.17, 15) is 4.79 Å². The zero-order valence-electron chi connectivity index (χ0n) is 12.1. The highest BCUT2D eigenvalue weighted by Crippen LogP contribution is 2.22. The van der Waals surface area contributed by atoms with Gasteiger partial charge in [0.05, 0.1) is 10.2 Å². The summed E-state index contributed by atoms with van der Waals surface area (Å²) in [6.07, 6.45) is 5.05. The number of fused-ring (bicyclic) bond motifs is 1. The molecule has 3 nitrogen and oxygen atoms in total. The van der Waals surface area contributed by atoms with E-state index in [1.165, 1.54) is 17.4 Å². The van der Waals surface area contributed by atoms with Crippen LogP contribution in [0.2, 0.25) is 5.02 Å². The van der Waals surface area contributed by atoms with E-state index in [2.05, 4.69) is 11.6 Å². The van der Waals surface area contributed by atoms with E-state index in [1.807, 2.05) is 40.3 Å². The van der Waals surface area contributed by atoms with Crippen LogP contribution in [-0.4, -0.2) is 10.5 Å². The van der Waals surface area contributed by atoms with Gasteiger partial charge in [0.2, 0.25) is 0 Å². The number of halogens is 1. The molecule has 1 amide bonds. The van der Waals surface area contributed by atoms with Gasteiger partial charge in [-0.3, -0.25) is 4.79 Å². The van der Waals surface area contributed by atoms with Crippen molar-refractivity contribution in [1.82, 2.24) is 4.57 Å². The molecule has 0 unspecified atom stereocenters. The molecule has 0 aliphatic rings. The van der Waals surface area contributed by atoms with E-state index in [0.29, 0.717) is 16.4 Å². The predicted octanol–water partition coefficient (Wildman–Crippen LogP) is 4.74. The average Bonchev–Trinajstić information content (AvgIpc) is 3.14. The van der Waals surface area contributed by atoms with Crippen LogP contribution in [0.25, 0.3) is 16.3 Å². The number of allylic oxidation sites excluding steroid dienone is 1. The van der Waals surface area contributed by atoms with Crippen molar-refractivity contribution in [3.63, 3.8) is 0 Å². The normalized spacial score (nSPS) is 12.3. The van der Waals surface area contributed by atoms with Crippen molar-refractivity contribution < 1.29 is 4.79 Å². The highest BCUT2D eigenvalue weighted by molar-refractivity contribution is 7.16. The molecule has 0 bridgehead atoms. The molecule has 0 saturated heterocycles. The molecule has 0 saturated carbocycles. The average molecular weight is 361 g/mol. The lowest BCUT2D eigenvalue weighted by molar-refractivity contribution is -0.113. The van der Waals surface area contributed by atoms with Crippen LogP contribution < -0.4 is 4.80 Å². The molecule has 116 valence electrons. The third kappa shape index (κ3) is 3.69. The lowest BCUT2D eigenvalue weighted by Gasteiger charge is -2.00. The molecule has 0 aliphatic carbocycles. The summed E-state index contributed by atoms with van der Waals surface area (Å²) < 4.78 is 2.95. The summed E-state index contributed by atoms with van der Waals surface area (Å²) in [5.41, 5.74) is 0.994. The molecule has 2 heterocycles. The zero-order valence-corrected chi connectivity index (χ0v) is 14.5. The summed E-state index contributed by atoms with van der Waals surface area (Å²) in [7, 11) is 0. The number of benzene rings is 1. The number of thiazole rings is 1. The summed E-state index contributed by atoms with van der Waals surface area (Å²) in [6.45, 7) is 4.35. The quantitative estimate of drug-likeness (QED) is 0.488. The minimum atomic E-state index is -0.283. The fourth-order valence-electron chi connectivity index (χ4n) is 2.11. The first-order valence-electron chi connectivity index (χ1n) is 6.87. The number of hydrogen-bond acceptors (Lipinski definition) is 3. The number of hydrogen-bond donors (Lipinski definition) is 0. The predicted molar refractivity (Wildman–Crippen MR) is 98.9 cm³/mol. The SMILES string of the molecule is C=CCn1c(=NC(=O)/C=C/c2cccs2)sc2cc(Cl)ccc21. The monoisotopic (exact) mass is 360 g/mol. The molecule has 2 aromatic heterocycles. The largest absolute Gasteiger partial charge is 0.312 e. The Labute approximate surface area is 146 Å². The van der Waals surface area contributed by atoms with Gasteiger partial charge in [-0.15, -0.1) is 17.9 Å². The first-order valence-corrected chi connectivity index (χ1v) is 8.95. The Kier molecular flexibility index (Phi) is 4.91. The second-order valence-electron chi connectivity index (χ2n) is 4.69. The number of carbonyl (C=O) groups excluding carboxylic acids is 1. The van der Waals surface area contributed by atoms with E-state index < -0.39 is 0 Å². The molecule has 0 N–H and O–H groups in total. The van der Waals surface area contributed by atoms with E-state index in [4.69, 9.17) is 11.6 Å². The lowest BCUT2D eigenvalue weighted by atomic mass is 10.3. The first-order chi connectivity index (χ1) is 11.2. The van der Waals surface area contributed by atoms with Crippen LogP contribution in [0.4, 0.5) is 0 Å². The molecule has 0 atom stereocenters. The molecule has 6 heteroatoms. The van der Waals surface area contributed by atoms with Gasteiger partial charge >= 0.3 is 0 Å². The smallest absolute Gasteiger partial charge is 0.272 e. The van der Waals surface area contributed by atoms with Gasteiger partial charge in [0.1, 0.15) is 0 Å². The molecule has 0 radical (unpaired) electrons. The Hall–Kier alpha value is -1.95. The van der Waals surface area contributed by atoms with Crippen LogP contribution in [0.5, 0.6) is 0 Å². The minimum absolute atomic E-state index is 0.283.